The van der Waals surface area contributed by atoms with E-state index in [2.05, 4.69) is 48.5 Å². The van der Waals surface area contributed by atoms with Gasteiger partial charge in [0.2, 0.25) is 5.91 Å². The summed E-state index contributed by atoms with van der Waals surface area (Å²) in [5.74, 6) is 7.09. The molecule has 0 bridgehead atoms. The van der Waals surface area contributed by atoms with Gasteiger partial charge < -0.3 is 21.4 Å². The van der Waals surface area contributed by atoms with Gasteiger partial charge in [-0.05, 0) is 62.4 Å². The van der Waals surface area contributed by atoms with E-state index >= 15 is 0 Å². The average molecular weight is 589 g/mol. The largest absolute Gasteiger partial charge is 0.386 e. The zero-order chi connectivity index (χ0) is 30.6. The van der Waals surface area contributed by atoms with Crippen LogP contribution in [0.1, 0.15) is 71.9 Å². The van der Waals surface area contributed by atoms with Crippen LogP contribution in [-0.2, 0) is 11.3 Å². The number of nitrogens with one attached hydrogen (secondary N) is 3. The van der Waals surface area contributed by atoms with Gasteiger partial charge in [0.25, 0.3) is 0 Å². The zero-order valence-corrected chi connectivity index (χ0v) is 24.5. The third-order valence-corrected chi connectivity index (χ3v) is 7.91. The highest BCUT2D eigenvalue weighted by atomic mass is 16.2. The first-order chi connectivity index (χ1) is 20.9. The first-order valence-corrected chi connectivity index (χ1v) is 14.5. The molecule has 14 heteroatoms. The van der Waals surface area contributed by atoms with Crippen molar-refractivity contribution in [3.63, 3.8) is 0 Å². The normalized spacial score (nSPS) is 17.0. The molecule has 7 N–H and O–H groups in total. The molecule has 0 radical (unpaired) electrons. The minimum Gasteiger partial charge on any atom is -0.386 e. The Balaban J connectivity index is 1.43. The van der Waals surface area contributed by atoms with Crippen LogP contribution in [0.5, 0.6) is 0 Å². The number of carbonyl (C=O) groups excluding carboxylic acids is 2. The lowest BCUT2D eigenvalue weighted by Gasteiger charge is -2.31. The Kier molecular flexibility index (Phi) is 11.3. The Hall–Kier alpha value is -4.61. The predicted octanol–water partition coefficient (Wildman–Crippen LogP) is 1.54. The van der Waals surface area contributed by atoms with Gasteiger partial charge >= 0.3 is 0 Å². The molecule has 2 aliphatic rings. The van der Waals surface area contributed by atoms with Gasteiger partial charge in [0.15, 0.2) is 6.29 Å². The van der Waals surface area contributed by atoms with E-state index in [0.29, 0.717) is 60.6 Å². The predicted molar refractivity (Wildman–Crippen MR) is 164 cm³/mol. The summed E-state index contributed by atoms with van der Waals surface area (Å²) in [6.07, 6.45) is 6.30. The van der Waals surface area contributed by atoms with Crippen LogP contribution in [0.4, 0.5) is 11.5 Å². The average Bonchev–Trinajstić information content (AvgIpc) is 3.02. The number of hydrazine groups is 1. The van der Waals surface area contributed by atoms with Crippen LogP contribution in [-0.4, -0.2) is 77.2 Å². The number of piperidine rings is 2. The van der Waals surface area contributed by atoms with Crippen molar-refractivity contribution in [2.45, 2.75) is 51.0 Å². The van der Waals surface area contributed by atoms with Gasteiger partial charge in [-0.2, -0.15) is 15.5 Å². The van der Waals surface area contributed by atoms with E-state index in [1.54, 1.807) is 11.9 Å². The second-order valence-electron chi connectivity index (χ2n) is 10.8. The number of carbonyl (C=O) groups is 2. The summed E-state index contributed by atoms with van der Waals surface area (Å²) < 4.78 is 0. The fourth-order valence-corrected chi connectivity index (χ4v) is 5.55. The number of aromatic nitrogens is 2. The molecule has 43 heavy (non-hydrogen) atoms. The summed E-state index contributed by atoms with van der Waals surface area (Å²) in [4.78, 5) is 37.9. The molecule has 228 valence electrons. The first kappa shape index (κ1) is 31.3. The van der Waals surface area contributed by atoms with Crippen molar-refractivity contribution in [3.8, 4) is 6.07 Å². The molecule has 0 unspecified atom stereocenters. The van der Waals surface area contributed by atoms with Crippen LogP contribution in [0, 0.1) is 17.2 Å². The molecule has 0 saturated carbocycles. The highest BCUT2D eigenvalue weighted by Gasteiger charge is 2.27. The van der Waals surface area contributed by atoms with Gasteiger partial charge in [-0.3, -0.25) is 14.5 Å². The molecule has 4 rings (SSSR count). The number of hydrogen-bond donors (Lipinski definition) is 5. The number of likely N-dealkylation sites (tertiary alicyclic amines) is 2. The van der Waals surface area contributed by atoms with Crippen LogP contribution in [0.3, 0.4) is 0 Å². The van der Waals surface area contributed by atoms with E-state index in [9.17, 15) is 9.59 Å². The zero-order valence-electron chi connectivity index (χ0n) is 24.5. The number of benzene rings is 1. The van der Waals surface area contributed by atoms with Crippen molar-refractivity contribution in [3.05, 3.63) is 46.9 Å². The lowest BCUT2D eigenvalue weighted by molar-refractivity contribution is -0.131. The lowest BCUT2D eigenvalue weighted by Crippen LogP contribution is -2.38. The fourth-order valence-electron chi connectivity index (χ4n) is 5.55. The smallest absolute Gasteiger partial charge is 0.236 e. The van der Waals surface area contributed by atoms with Gasteiger partial charge in [0, 0.05) is 44.7 Å². The molecule has 0 atom stereocenters. The Morgan fingerprint density at radius 1 is 1.14 bits per heavy atom. The quantitative estimate of drug-likeness (QED) is 0.0791. The second kappa shape index (κ2) is 15.6. The Labute approximate surface area is 251 Å². The summed E-state index contributed by atoms with van der Waals surface area (Å²) in [6.45, 7) is 3.88. The summed E-state index contributed by atoms with van der Waals surface area (Å²) in [6, 6.07) is 10.0. The van der Waals surface area contributed by atoms with Crippen molar-refractivity contribution in [2.24, 2.45) is 27.7 Å². The second-order valence-corrected chi connectivity index (χ2v) is 10.8. The van der Waals surface area contributed by atoms with E-state index in [1.807, 2.05) is 18.2 Å². The molecule has 2 aliphatic heterocycles. The van der Waals surface area contributed by atoms with Crippen LogP contribution in [0.25, 0.3) is 0 Å². The molecule has 14 nitrogen and oxygen atoms in total. The Bertz CT molecular complexity index is 1340. The van der Waals surface area contributed by atoms with Gasteiger partial charge in [-0.15, -0.1) is 0 Å². The first-order valence-electron chi connectivity index (χ1n) is 14.5. The SMILES string of the molecule is CN/N=C\c1nc(C2CCN(C(=O)CC#N)CC2)nc(Nc2ccc(CN3CCC(C/C(N)=N/NN)CC3)cc2)c1C=O. The molecule has 2 aromatic rings. The minimum absolute atomic E-state index is 0.00157. The standard InChI is InChI=1S/C29H40N12O2/c1-33-34-17-25-24(19-42)29(37-28(36-25)22-9-14-41(15-10-22)27(43)6-11-30)35-23-4-2-21(3-5-23)18-40-12-7-20(8-13-40)16-26(31)38-39-32/h2-5,17,19-20,22,33,39H,6-10,12-16,18,32H2,1H3,(H2,31,38)(H,35,36,37)/b34-17-. The van der Waals surface area contributed by atoms with E-state index in [0.717, 1.165) is 50.9 Å². The number of amides is 1. The summed E-state index contributed by atoms with van der Waals surface area (Å²) in [5, 5.41) is 20.1. The monoisotopic (exact) mass is 588 g/mol. The van der Waals surface area contributed by atoms with Crippen LogP contribution >= 0.6 is 0 Å². The Morgan fingerprint density at radius 3 is 2.49 bits per heavy atom. The van der Waals surface area contributed by atoms with Crippen LogP contribution < -0.4 is 27.9 Å². The minimum atomic E-state index is -0.161. The van der Waals surface area contributed by atoms with Gasteiger partial charge in [-0.25, -0.2) is 21.3 Å². The molecular weight excluding hydrogens is 548 g/mol. The van der Waals surface area contributed by atoms with Crippen molar-refractivity contribution < 1.29 is 9.59 Å². The van der Waals surface area contributed by atoms with Crippen molar-refractivity contribution in [1.29, 1.82) is 5.26 Å². The van der Waals surface area contributed by atoms with E-state index < -0.39 is 0 Å². The van der Waals surface area contributed by atoms with Crippen molar-refractivity contribution in [1.82, 2.24) is 30.7 Å². The van der Waals surface area contributed by atoms with Crippen LogP contribution in [0.2, 0.25) is 0 Å². The maximum atomic E-state index is 12.2. The summed E-state index contributed by atoms with van der Waals surface area (Å²) >= 11 is 0. The third kappa shape index (κ3) is 8.69. The topological polar surface area (TPSA) is 203 Å². The summed E-state index contributed by atoms with van der Waals surface area (Å²) in [7, 11) is 1.67. The fraction of sp³-hybridized carbons (Fsp3) is 0.483. The molecule has 0 spiro atoms. The number of nitriles is 1. The number of nitrogens with two attached hydrogens (primary N) is 2. The number of rotatable bonds is 12. The van der Waals surface area contributed by atoms with Gasteiger partial charge in [-0.1, -0.05) is 12.1 Å². The number of anilines is 2. The molecule has 2 fully saturated rings. The number of nitrogens with zero attached hydrogens (tertiary/aromatic N) is 7. The Morgan fingerprint density at radius 2 is 1.86 bits per heavy atom. The molecule has 0 aliphatic carbocycles. The molecule has 3 heterocycles. The molecule has 1 aromatic carbocycles. The van der Waals surface area contributed by atoms with Gasteiger partial charge in [0.1, 0.15) is 23.9 Å². The van der Waals surface area contributed by atoms with Gasteiger partial charge in [0.05, 0.1) is 23.5 Å². The maximum absolute atomic E-state index is 12.2. The van der Waals surface area contributed by atoms with Crippen molar-refractivity contribution >= 4 is 35.7 Å². The van der Waals surface area contributed by atoms with E-state index in [1.165, 1.54) is 11.8 Å². The molecule has 2 saturated heterocycles. The number of hydrazone groups is 2. The number of amidine groups is 1. The van der Waals surface area contributed by atoms with E-state index in [4.69, 9.17) is 21.8 Å². The molecule has 1 amide bonds. The molecule has 1 aromatic heterocycles. The van der Waals surface area contributed by atoms with Crippen molar-refractivity contribution in [2.75, 3.05) is 38.5 Å². The number of aldehydes is 1. The van der Waals surface area contributed by atoms with E-state index in [-0.39, 0.29) is 18.2 Å². The third-order valence-electron chi connectivity index (χ3n) is 7.91. The lowest BCUT2D eigenvalue weighted by atomic mass is 9.93. The summed E-state index contributed by atoms with van der Waals surface area (Å²) in [5.41, 5.74) is 13.6. The number of hydrogen-bond acceptors (Lipinski definition) is 12. The maximum Gasteiger partial charge on any atom is 0.236 e. The molecular formula is C29H40N12O2. The van der Waals surface area contributed by atoms with Crippen LogP contribution in [0.15, 0.2) is 34.5 Å². The highest BCUT2D eigenvalue weighted by Crippen LogP contribution is 2.29. The highest BCUT2D eigenvalue weighted by molar-refractivity contribution is 5.95.